The van der Waals surface area contributed by atoms with Gasteiger partial charge in [0.15, 0.2) is 0 Å². The second-order valence-corrected chi connectivity index (χ2v) is 5.36. The standard InChI is InChI=1S/C16H20N4O/c21-15(20-10-3-4-11-20)8-5-9-17-16-13-6-1-2-7-14(13)18-12-19-16/h1-2,6-7,12H,3-5,8-11H2,(H,17,18,19). The molecular formula is C16H20N4O. The number of likely N-dealkylation sites (tertiary alicyclic amines) is 1. The number of carbonyl (C=O) groups is 1. The summed E-state index contributed by atoms with van der Waals surface area (Å²) in [7, 11) is 0. The van der Waals surface area contributed by atoms with Crippen LogP contribution in [0.2, 0.25) is 0 Å². The normalized spacial score (nSPS) is 14.6. The number of carbonyl (C=O) groups excluding carboxylic acids is 1. The van der Waals surface area contributed by atoms with Crippen molar-refractivity contribution in [3.8, 4) is 0 Å². The molecule has 5 heteroatoms. The summed E-state index contributed by atoms with van der Waals surface area (Å²) < 4.78 is 0. The molecule has 0 unspecified atom stereocenters. The molecule has 0 aliphatic carbocycles. The van der Waals surface area contributed by atoms with Gasteiger partial charge in [-0.05, 0) is 31.4 Å². The highest BCUT2D eigenvalue weighted by atomic mass is 16.2. The van der Waals surface area contributed by atoms with E-state index in [-0.39, 0.29) is 5.91 Å². The Morgan fingerprint density at radius 1 is 1.19 bits per heavy atom. The largest absolute Gasteiger partial charge is 0.369 e. The number of hydrogen-bond donors (Lipinski definition) is 1. The molecule has 0 atom stereocenters. The molecule has 1 fully saturated rings. The number of anilines is 1. The summed E-state index contributed by atoms with van der Waals surface area (Å²) >= 11 is 0. The zero-order valence-electron chi connectivity index (χ0n) is 12.1. The summed E-state index contributed by atoms with van der Waals surface area (Å²) in [6.07, 6.45) is 5.30. The number of fused-ring (bicyclic) bond motifs is 1. The van der Waals surface area contributed by atoms with Crippen molar-refractivity contribution in [3.05, 3.63) is 30.6 Å². The van der Waals surface area contributed by atoms with E-state index in [1.165, 1.54) is 0 Å². The Morgan fingerprint density at radius 3 is 2.86 bits per heavy atom. The van der Waals surface area contributed by atoms with Gasteiger partial charge in [-0.3, -0.25) is 4.79 Å². The van der Waals surface area contributed by atoms with Gasteiger partial charge >= 0.3 is 0 Å². The maximum absolute atomic E-state index is 11.9. The van der Waals surface area contributed by atoms with Crippen molar-refractivity contribution in [2.45, 2.75) is 25.7 Å². The zero-order chi connectivity index (χ0) is 14.5. The predicted octanol–water partition coefficient (Wildman–Crippen LogP) is 2.44. The monoisotopic (exact) mass is 284 g/mol. The quantitative estimate of drug-likeness (QED) is 0.857. The molecule has 0 radical (unpaired) electrons. The molecule has 1 N–H and O–H groups in total. The van der Waals surface area contributed by atoms with Crippen molar-refractivity contribution in [1.82, 2.24) is 14.9 Å². The molecule has 0 spiro atoms. The van der Waals surface area contributed by atoms with E-state index in [9.17, 15) is 4.79 Å². The molecule has 1 aliphatic heterocycles. The maximum Gasteiger partial charge on any atom is 0.222 e. The number of amides is 1. The fraction of sp³-hybridized carbons (Fsp3) is 0.438. The number of aromatic nitrogens is 2. The van der Waals surface area contributed by atoms with E-state index in [0.717, 1.165) is 55.6 Å². The third-order valence-corrected chi connectivity index (χ3v) is 3.86. The molecule has 3 rings (SSSR count). The van der Waals surface area contributed by atoms with Crippen LogP contribution in [0.4, 0.5) is 5.82 Å². The topological polar surface area (TPSA) is 58.1 Å². The van der Waals surface area contributed by atoms with Gasteiger partial charge in [0.1, 0.15) is 12.1 Å². The Kier molecular flexibility index (Phi) is 4.28. The molecule has 110 valence electrons. The Hall–Kier alpha value is -2.17. The van der Waals surface area contributed by atoms with Gasteiger partial charge in [-0.15, -0.1) is 0 Å². The van der Waals surface area contributed by atoms with E-state index in [1.807, 2.05) is 29.2 Å². The van der Waals surface area contributed by atoms with E-state index in [0.29, 0.717) is 6.42 Å². The molecule has 1 amide bonds. The van der Waals surface area contributed by atoms with Gasteiger partial charge < -0.3 is 10.2 Å². The van der Waals surface area contributed by atoms with Crippen LogP contribution >= 0.6 is 0 Å². The van der Waals surface area contributed by atoms with Gasteiger partial charge in [0.05, 0.1) is 5.52 Å². The minimum atomic E-state index is 0.279. The van der Waals surface area contributed by atoms with Crippen LogP contribution in [-0.4, -0.2) is 40.4 Å². The van der Waals surface area contributed by atoms with Crippen molar-refractivity contribution in [3.63, 3.8) is 0 Å². The highest BCUT2D eigenvalue weighted by Gasteiger charge is 2.16. The van der Waals surface area contributed by atoms with Crippen molar-refractivity contribution >= 4 is 22.6 Å². The lowest BCUT2D eigenvalue weighted by atomic mass is 10.2. The van der Waals surface area contributed by atoms with Gasteiger partial charge in [0.2, 0.25) is 5.91 Å². The lowest BCUT2D eigenvalue weighted by molar-refractivity contribution is -0.130. The minimum Gasteiger partial charge on any atom is -0.369 e. The summed E-state index contributed by atoms with van der Waals surface area (Å²) in [5.74, 6) is 1.12. The SMILES string of the molecule is O=C(CCCNc1ncnc2ccccc12)N1CCCC1. The lowest BCUT2D eigenvalue weighted by Gasteiger charge is -2.15. The number of nitrogens with one attached hydrogen (secondary N) is 1. The Balaban J connectivity index is 1.51. The van der Waals surface area contributed by atoms with Crippen LogP contribution in [0.15, 0.2) is 30.6 Å². The summed E-state index contributed by atoms with van der Waals surface area (Å²) in [4.78, 5) is 22.4. The first-order chi connectivity index (χ1) is 10.3. The number of hydrogen-bond acceptors (Lipinski definition) is 4. The molecule has 21 heavy (non-hydrogen) atoms. The molecule has 0 saturated carbocycles. The van der Waals surface area contributed by atoms with Gasteiger partial charge in [-0.25, -0.2) is 9.97 Å². The highest BCUT2D eigenvalue weighted by Crippen LogP contribution is 2.18. The van der Waals surface area contributed by atoms with Gasteiger partial charge in [-0.1, -0.05) is 12.1 Å². The fourth-order valence-corrected chi connectivity index (χ4v) is 2.72. The van der Waals surface area contributed by atoms with Gasteiger partial charge in [-0.2, -0.15) is 0 Å². The summed E-state index contributed by atoms with van der Waals surface area (Å²) in [5.41, 5.74) is 0.933. The molecule has 1 aromatic carbocycles. The first-order valence-electron chi connectivity index (χ1n) is 7.56. The number of nitrogens with zero attached hydrogens (tertiary/aromatic N) is 3. The number of benzene rings is 1. The lowest BCUT2D eigenvalue weighted by Crippen LogP contribution is -2.27. The molecule has 1 aliphatic rings. The molecule has 2 heterocycles. The molecular weight excluding hydrogens is 264 g/mol. The summed E-state index contributed by atoms with van der Waals surface area (Å²) in [5, 5.41) is 4.33. The van der Waals surface area contributed by atoms with E-state index in [2.05, 4.69) is 15.3 Å². The third-order valence-electron chi connectivity index (χ3n) is 3.86. The predicted molar refractivity (Wildman–Crippen MR) is 83.1 cm³/mol. The van der Waals surface area contributed by atoms with Crippen LogP contribution in [-0.2, 0) is 4.79 Å². The van der Waals surface area contributed by atoms with Crippen LogP contribution < -0.4 is 5.32 Å². The number of rotatable bonds is 5. The molecule has 0 bridgehead atoms. The van der Waals surface area contributed by atoms with Gasteiger partial charge in [0.25, 0.3) is 0 Å². The highest BCUT2D eigenvalue weighted by molar-refractivity contribution is 5.88. The Morgan fingerprint density at radius 2 is 2.00 bits per heavy atom. The van der Waals surface area contributed by atoms with Crippen LogP contribution in [0.1, 0.15) is 25.7 Å². The van der Waals surface area contributed by atoms with Crippen molar-refractivity contribution in [2.75, 3.05) is 25.0 Å². The zero-order valence-corrected chi connectivity index (χ0v) is 12.1. The van der Waals surface area contributed by atoms with E-state index in [1.54, 1.807) is 6.33 Å². The third kappa shape index (κ3) is 3.29. The molecule has 1 saturated heterocycles. The smallest absolute Gasteiger partial charge is 0.222 e. The maximum atomic E-state index is 11.9. The van der Waals surface area contributed by atoms with Crippen molar-refractivity contribution in [1.29, 1.82) is 0 Å². The van der Waals surface area contributed by atoms with Crippen LogP contribution in [0.3, 0.4) is 0 Å². The Labute approximate surface area is 124 Å². The average Bonchev–Trinajstić information content (AvgIpc) is 3.06. The first kappa shape index (κ1) is 13.8. The fourth-order valence-electron chi connectivity index (χ4n) is 2.72. The van der Waals surface area contributed by atoms with E-state index in [4.69, 9.17) is 0 Å². The van der Waals surface area contributed by atoms with Crippen LogP contribution in [0.25, 0.3) is 10.9 Å². The molecule has 1 aromatic heterocycles. The Bertz CT molecular complexity index is 617. The molecule has 5 nitrogen and oxygen atoms in total. The van der Waals surface area contributed by atoms with Gasteiger partial charge in [0, 0.05) is 31.4 Å². The van der Waals surface area contributed by atoms with Crippen molar-refractivity contribution < 1.29 is 4.79 Å². The minimum absolute atomic E-state index is 0.279. The van der Waals surface area contributed by atoms with Crippen LogP contribution in [0, 0.1) is 0 Å². The summed E-state index contributed by atoms with van der Waals surface area (Å²) in [6, 6.07) is 7.92. The van der Waals surface area contributed by atoms with E-state index < -0.39 is 0 Å². The number of para-hydroxylation sites is 1. The summed E-state index contributed by atoms with van der Waals surface area (Å²) in [6.45, 7) is 2.62. The second-order valence-electron chi connectivity index (χ2n) is 5.36. The average molecular weight is 284 g/mol. The molecule has 2 aromatic rings. The van der Waals surface area contributed by atoms with Crippen LogP contribution in [0.5, 0.6) is 0 Å². The van der Waals surface area contributed by atoms with Crippen molar-refractivity contribution in [2.24, 2.45) is 0 Å². The van der Waals surface area contributed by atoms with E-state index >= 15 is 0 Å². The second kappa shape index (κ2) is 6.52. The first-order valence-corrected chi connectivity index (χ1v) is 7.56.